The van der Waals surface area contributed by atoms with Crippen LogP contribution >= 0.6 is 0 Å². The number of rotatable bonds is 0. The zero-order valence-electron chi connectivity index (χ0n) is 6.59. The van der Waals surface area contributed by atoms with Crippen LogP contribution in [-0.4, -0.2) is 22.1 Å². The highest BCUT2D eigenvalue weighted by molar-refractivity contribution is 6.01. The first kappa shape index (κ1) is 6.96. The standard InChI is InChI=1S/C6H9N5O/c1-11-5-3(10-6(11)12)4(7)8-2-9-5/h9H,2H2,1H3,(H2,7,8)(H,10,12). The minimum absolute atomic E-state index is 0.187. The summed E-state index contributed by atoms with van der Waals surface area (Å²) in [7, 11) is 1.67. The average molecular weight is 167 g/mol. The number of imidazole rings is 1. The topological polar surface area (TPSA) is 88.2 Å². The van der Waals surface area contributed by atoms with E-state index in [0.29, 0.717) is 24.0 Å². The van der Waals surface area contributed by atoms with E-state index in [4.69, 9.17) is 5.73 Å². The lowest BCUT2D eigenvalue weighted by atomic mass is 10.3. The maximum atomic E-state index is 11.1. The summed E-state index contributed by atoms with van der Waals surface area (Å²) in [5, 5.41) is 2.95. The summed E-state index contributed by atoms with van der Waals surface area (Å²) in [6.45, 7) is 0.421. The molecule has 2 heterocycles. The van der Waals surface area contributed by atoms with Crippen LogP contribution in [0.5, 0.6) is 0 Å². The van der Waals surface area contributed by atoms with Gasteiger partial charge in [-0.05, 0) is 0 Å². The van der Waals surface area contributed by atoms with Gasteiger partial charge in [0.2, 0.25) is 0 Å². The number of hydrogen-bond acceptors (Lipinski definition) is 4. The maximum Gasteiger partial charge on any atom is 0.327 e. The predicted molar refractivity (Wildman–Crippen MR) is 45.2 cm³/mol. The number of amidine groups is 1. The summed E-state index contributed by atoms with van der Waals surface area (Å²) < 4.78 is 1.47. The second kappa shape index (κ2) is 2.13. The van der Waals surface area contributed by atoms with Gasteiger partial charge in [0.25, 0.3) is 0 Å². The molecule has 0 spiro atoms. The summed E-state index contributed by atoms with van der Waals surface area (Å²) in [4.78, 5) is 17.6. The SMILES string of the molecule is Cn1c2c([nH]c1=O)C(N)=NCN2. The van der Waals surface area contributed by atoms with Crippen molar-refractivity contribution in [2.75, 3.05) is 12.0 Å². The molecule has 1 aromatic heterocycles. The zero-order chi connectivity index (χ0) is 8.72. The fourth-order valence-electron chi connectivity index (χ4n) is 1.19. The Labute approximate surface area is 68.1 Å². The molecule has 12 heavy (non-hydrogen) atoms. The number of nitrogens with one attached hydrogen (secondary N) is 2. The van der Waals surface area contributed by atoms with Crippen LogP contribution in [0, 0.1) is 0 Å². The second-order valence-electron chi connectivity index (χ2n) is 2.59. The minimum atomic E-state index is -0.187. The summed E-state index contributed by atoms with van der Waals surface area (Å²) >= 11 is 0. The molecule has 6 nitrogen and oxygen atoms in total. The van der Waals surface area contributed by atoms with Crippen molar-refractivity contribution in [1.82, 2.24) is 9.55 Å². The van der Waals surface area contributed by atoms with E-state index in [9.17, 15) is 4.79 Å². The van der Waals surface area contributed by atoms with Crippen molar-refractivity contribution in [1.29, 1.82) is 0 Å². The highest BCUT2D eigenvalue weighted by Crippen LogP contribution is 2.12. The van der Waals surface area contributed by atoms with E-state index in [1.807, 2.05) is 0 Å². The lowest BCUT2D eigenvalue weighted by Crippen LogP contribution is -2.23. The van der Waals surface area contributed by atoms with Gasteiger partial charge in [0.1, 0.15) is 24.0 Å². The van der Waals surface area contributed by atoms with Crippen LogP contribution in [-0.2, 0) is 7.05 Å². The van der Waals surface area contributed by atoms with E-state index in [2.05, 4.69) is 15.3 Å². The van der Waals surface area contributed by atoms with Gasteiger partial charge in [0, 0.05) is 7.05 Å². The molecule has 1 aliphatic heterocycles. The monoisotopic (exact) mass is 167 g/mol. The third kappa shape index (κ3) is 0.744. The molecule has 0 radical (unpaired) electrons. The number of anilines is 1. The van der Waals surface area contributed by atoms with Crippen LogP contribution < -0.4 is 16.7 Å². The molecule has 0 bridgehead atoms. The molecule has 0 saturated heterocycles. The molecule has 0 aromatic carbocycles. The van der Waals surface area contributed by atoms with Crippen LogP contribution in [0.3, 0.4) is 0 Å². The first-order chi connectivity index (χ1) is 5.70. The van der Waals surface area contributed by atoms with E-state index in [1.54, 1.807) is 7.05 Å². The first-order valence-electron chi connectivity index (χ1n) is 3.53. The summed E-state index contributed by atoms with van der Waals surface area (Å²) in [5.74, 6) is 1.08. The van der Waals surface area contributed by atoms with Crippen LogP contribution in [0.25, 0.3) is 0 Å². The number of aliphatic imine (C=N–C) groups is 1. The Morgan fingerprint density at radius 2 is 2.42 bits per heavy atom. The summed E-state index contributed by atoms with van der Waals surface area (Å²) in [5.41, 5.74) is 5.95. The molecule has 0 aliphatic carbocycles. The molecule has 0 fully saturated rings. The van der Waals surface area contributed by atoms with Crippen molar-refractivity contribution < 1.29 is 0 Å². The van der Waals surface area contributed by atoms with Gasteiger partial charge >= 0.3 is 5.69 Å². The van der Waals surface area contributed by atoms with Gasteiger partial charge in [-0.2, -0.15) is 0 Å². The molecule has 1 aliphatic rings. The number of fused-ring (bicyclic) bond motifs is 1. The molecular weight excluding hydrogens is 158 g/mol. The van der Waals surface area contributed by atoms with Crippen LogP contribution in [0.1, 0.15) is 5.69 Å². The van der Waals surface area contributed by atoms with Crippen molar-refractivity contribution in [2.45, 2.75) is 0 Å². The molecule has 6 heteroatoms. The summed E-state index contributed by atoms with van der Waals surface area (Å²) in [6, 6.07) is 0. The Kier molecular flexibility index (Phi) is 1.24. The molecular formula is C6H9N5O. The van der Waals surface area contributed by atoms with E-state index in [0.717, 1.165) is 0 Å². The third-order valence-electron chi connectivity index (χ3n) is 1.86. The molecule has 0 unspecified atom stereocenters. The van der Waals surface area contributed by atoms with Crippen LogP contribution in [0.2, 0.25) is 0 Å². The van der Waals surface area contributed by atoms with Gasteiger partial charge in [0.05, 0.1) is 0 Å². The average Bonchev–Trinajstić information content (AvgIpc) is 2.32. The molecule has 2 rings (SSSR count). The Morgan fingerprint density at radius 1 is 1.67 bits per heavy atom. The van der Waals surface area contributed by atoms with Crippen molar-refractivity contribution in [2.24, 2.45) is 17.8 Å². The fraction of sp³-hybridized carbons (Fsp3) is 0.333. The predicted octanol–water partition coefficient (Wildman–Crippen LogP) is -1.20. The summed E-state index contributed by atoms with van der Waals surface area (Å²) in [6.07, 6.45) is 0. The van der Waals surface area contributed by atoms with Gasteiger partial charge in [-0.3, -0.25) is 4.57 Å². The van der Waals surface area contributed by atoms with Crippen LogP contribution in [0.15, 0.2) is 9.79 Å². The fourth-order valence-corrected chi connectivity index (χ4v) is 1.19. The maximum absolute atomic E-state index is 11.1. The normalized spacial score (nSPS) is 14.9. The zero-order valence-corrected chi connectivity index (χ0v) is 6.59. The largest absolute Gasteiger partial charge is 0.382 e. The van der Waals surface area contributed by atoms with Crippen molar-refractivity contribution >= 4 is 11.7 Å². The Bertz CT molecular complexity index is 399. The Hall–Kier alpha value is -1.72. The molecule has 0 atom stereocenters. The number of aromatic nitrogens is 2. The molecule has 4 N–H and O–H groups in total. The van der Waals surface area contributed by atoms with Gasteiger partial charge < -0.3 is 16.0 Å². The quantitative estimate of drug-likeness (QED) is 0.453. The molecule has 0 saturated carbocycles. The van der Waals surface area contributed by atoms with Gasteiger partial charge in [-0.25, -0.2) is 9.79 Å². The molecule has 1 aromatic rings. The third-order valence-corrected chi connectivity index (χ3v) is 1.86. The Morgan fingerprint density at radius 3 is 3.08 bits per heavy atom. The highest BCUT2D eigenvalue weighted by Gasteiger charge is 2.16. The Balaban J connectivity index is 2.71. The smallest absolute Gasteiger partial charge is 0.327 e. The highest BCUT2D eigenvalue weighted by atomic mass is 16.1. The lowest BCUT2D eigenvalue weighted by Gasteiger charge is -2.11. The first-order valence-corrected chi connectivity index (χ1v) is 3.53. The number of hydrogen-bond donors (Lipinski definition) is 3. The number of nitrogens with two attached hydrogens (primary N) is 1. The van der Waals surface area contributed by atoms with E-state index in [1.165, 1.54) is 4.57 Å². The molecule has 0 amide bonds. The second-order valence-corrected chi connectivity index (χ2v) is 2.59. The molecule has 64 valence electrons. The van der Waals surface area contributed by atoms with E-state index >= 15 is 0 Å². The van der Waals surface area contributed by atoms with Gasteiger partial charge in [-0.15, -0.1) is 0 Å². The van der Waals surface area contributed by atoms with Crippen molar-refractivity contribution in [3.05, 3.63) is 16.2 Å². The lowest BCUT2D eigenvalue weighted by molar-refractivity contribution is 0.858. The van der Waals surface area contributed by atoms with Gasteiger partial charge in [0.15, 0.2) is 0 Å². The van der Waals surface area contributed by atoms with Crippen molar-refractivity contribution in [3.63, 3.8) is 0 Å². The van der Waals surface area contributed by atoms with E-state index in [-0.39, 0.29) is 5.69 Å². The van der Waals surface area contributed by atoms with Crippen LogP contribution in [0.4, 0.5) is 5.82 Å². The van der Waals surface area contributed by atoms with E-state index < -0.39 is 0 Å². The van der Waals surface area contributed by atoms with Crippen molar-refractivity contribution in [3.8, 4) is 0 Å². The minimum Gasteiger partial charge on any atom is -0.382 e. The number of H-pyrrole nitrogens is 1. The number of aromatic amines is 1. The van der Waals surface area contributed by atoms with Gasteiger partial charge in [-0.1, -0.05) is 0 Å². The number of nitrogens with zero attached hydrogens (tertiary/aromatic N) is 2.